The molecule has 3 rings (SSSR count). The van der Waals surface area contributed by atoms with E-state index < -0.39 is 11.9 Å². The molecule has 0 saturated carbocycles. The highest BCUT2D eigenvalue weighted by Gasteiger charge is 2.30. The molecule has 0 spiro atoms. The predicted octanol–water partition coefficient (Wildman–Crippen LogP) is 1.46. The number of carboxylic acids is 1. The van der Waals surface area contributed by atoms with Crippen molar-refractivity contribution in [3.63, 3.8) is 0 Å². The molecule has 1 aliphatic rings. The molecule has 1 aromatic heterocycles. The molecule has 1 atom stereocenters. The fourth-order valence-electron chi connectivity index (χ4n) is 3.01. The standard InChI is InChI=1S/C16H20N4O3/c1-11-18-13-4-2-3-5-14(13)20(11)9-7-17-16(23)19-8-6-12(10-19)15(21)22/h2-5,12H,6-10H2,1H3,(H,17,23)(H,21,22). The maximum atomic E-state index is 12.1. The summed E-state index contributed by atoms with van der Waals surface area (Å²) in [7, 11) is 0. The normalized spacial score (nSPS) is 17.6. The molecule has 1 aliphatic heterocycles. The Morgan fingerprint density at radius 2 is 2.17 bits per heavy atom. The molecule has 0 aliphatic carbocycles. The number of nitrogens with one attached hydrogen (secondary N) is 1. The van der Waals surface area contributed by atoms with Gasteiger partial charge in [0.2, 0.25) is 0 Å². The first kappa shape index (κ1) is 15.3. The first-order valence-electron chi connectivity index (χ1n) is 7.73. The van der Waals surface area contributed by atoms with Crippen molar-refractivity contribution in [3.05, 3.63) is 30.1 Å². The Labute approximate surface area is 133 Å². The van der Waals surface area contributed by atoms with E-state index in [0.29, 0.717) is 26.1 Å². The number of aryl methyl sites for hydroxylation is 1. The van der Waals surface area contributed by atoms with E-state index in [9.17, 15) is 9.59 Å². The van der Waals surface area contributed by atoms with Crippen molar-refractivity contribution in [1.29, 1.82) is 0 Å². The number of carbonyl (C=O) groups excluding carboxylic acids is 1. The second kappa shape index (κ2) is 6.28. The van der Waals surface area contributed by atoms with Gasteiger partial charge < -0.3 is 19.9 Å². The summed E-state index contributed by atoms with van der Waals surface area (Å²) in [5.74, 6) is -0.367. The fraction of sp³-hybridized carbons (Fsp3) is 0.438. The number of para-hydroxylation sites is 2. The SMILES string of the molecule is Cc1nc2ccccc2n1CCNC(=O)N1CCC(C(=O)O)C1. The van der Waals surface area contributed by atoms with Crippen LogP contribution in [0.25, 0.3) is 11.0 Å². The molecule has 2 heterocycles. The van der Waals surface area contributed by atoms with Crippen molar-refractivity contribution in [2.75, 3.05) is 19.6 Å². The number of likely N-dealkylation sites (tertiary alicyclic amines) is 1. The molecule has 2 N–H and O–H groups in total. The summed E-state index contributed by atoms with van der Waals surface area (Å²) in [5, 5.41) is 11.8. The first-order valence-corrected chi connectivity index (χ1v) is 7.73. The van der Waals surface area contributed by atoms with Gasteiger partial charge in [-0.25, -0.2) is 9.78 Å². The molecule has 0 radical (unpaired) electrons. The molecule has 0 bridgehead atoms. The Morgan fingerprint density at radius 1 is 1.39 bits per heavy atom. The van der Waals surface area contributed by atoms with Gasteiger partial charge in [0.05, 0.1) is 17.0 Å². The van der Waals surface area contributed by atoms with E-state index in [2.05, 4.69) is 14.9 Å². The van der Waals surface area contributed by atoms with Gasteiger partial charge in [0.15, 0.2) is 0 Å². The van der Waals surface area contributed by atoms with Crippen LogP contribution in [0.5, 0.6) is 0 Å². The molecular weight excluding hydrogens is 296 g/mol. The van der Waals surface area contributed by atoms with Gasteiger partial charge in [0, 0.05) is 26.2 Å². The van der Waals surface area contributed by atoms with Gasteiger partial charge >= 0.3 is 12.0 Å². The van der Waals surface area contributed by atoms with E-state index in [4.69, 9.17) is 5.11 Å². The Morgan fingerprint density at radius 3 is 2.91 bits per heavy atom. The second-order valence-electron chi connectivity index (χ2n) is 5.80. The molecule has 7 heteroatoms. The number of amides is 2. The molecule has 1 saturated heterocycles. The van der Waals surface area contributed by atoms with Crippen molar-refractivity contribution in [2.45, 2.75) is 19.9 Å². The van der Waals surface area contributed by atoms with Crippen LogP contribution in [-0.4, -0.2) is 51.2 Å². The van der Waals surface area contributed by atoms with E-state index >= 15 is 0 Å². The van der Waals surface area contributed by atoms with Crippen LogP contribution < -0.4 is 5.32 Å². The topological polar surface area (TPSA) is 87.5 Å². The lowest BCUT2D eigenvalue weighted by Gasteiger charge is -2.17. The summed E-state index contributed by atoms with van der Waals surface area (Å²) in [6.45, 7) is 3.84. The minimum absolute atomic E-state index is 0.198. The number of carboxylic acid groups (broad SMARTS) is 1. The highest BCUT2D eigenvalue weighted by atomic mass is 16.4. The zero-order chi connectivity index (χ0) is 16.4. The summed E-state index contributed by atoms with van der Waals surface area (Å²) < 4.78 is 2.07. The maximum Gasteiger partial charge on any atom is 0.317 e. The van der Waals surface area contributed by atoms with Gasteiger partial charge in [-0.05, 0) is 25.5 Å². The molecule has 2 aromatic rings. The molecule has 1 unspecified atom stereocenters. The summed E-state index contributed by atoms with van der Waals surface area (Å²) in [6.07, 6.45) is 0.522. The van der Waals surface area contributed by atoms with Crippen LogP contribution >= 0.6 is 0 Å². The number of hydrogen-bond acceptors (Lipinski definition) is 3. The average Bonchev–Trinajstić information content (AvgIpc) is 3.12. The molecule has 23 heavy (non-hydrogen) atoms. The number of benzene rings is 1. The van der Waals surface area contributed by atoms with Crippen molar-refractivity contribution in [2.24, 2.45) is 5.92 Å². The van der Waals surface area contributed by atoms with E-state index in [1.54, 1.807) is 4.90 Å². The average molecular weight is 316 g/mol. The molecule has 7 nitrogen and oxygen atoms in total. The predicted molar refractivity (Wildman–Crippen MR) is 85.2 cm³/mol. The third kappa shape index (κ3) is 3.13. The fourth-order valence-corrected chi connectivity index (χ4v) is 3.01. The molecular formula is C16H20N4O3. The Bertz CT molecular complexity index is 740. The zero-order valence-corrected chi connectivity index (χ0v) is 13.0. The van der Waals surface area contributed by atoms with Gasteiger partial charge in [0.25, 0.3) is 0 Å². The first-order chi connectivity index (χ1) is 11.1. The van der Waals surface area contributed by atoms with E-state index in [0.717, 1.165) is 16.9 Å². The largest absolute Gasteiger partial charge is 0.481 e. The van der Waals surface area contributed by atoms with Gasteiger partial charge in [-0.2, -0.15) is 0 Å². The zero-order valence-electron chi connectivity index (χ0n) is 13.0. The highest BCUT2D eigenvalue weighted by molar-refractivity contribution is 5.77. The number of fused-ring (bicyclic) bond motifs is 1. The van der Waals surface area contributed by atoms with Crippen LogP contribution in [0.3, 0.4) is 0 Å². The number of rotatable bonds is 4. The van der Waals surface area contributed by atoms with Crippen LogP contribution in [0.4, 0.5) is 4.79 Å². The quantitative estimate of drug-likeness (QED) is 0.894. The number of aromatic nitrogens is 2. The molecule has 2 amide bonds. The van der Waals surface area contributed by atoms with Crippen LogP contribution in [0.1, 0.15) is 12.2 Å². The lowest BCUT2D eigenvalue weighted by atomic mass is 10.1. The molecule has 122 valence electrons. The van der Waals surface area contributed by atoms with Gasteiger partial charge in [0.1, 0.15) is 5.82 Å². The van der Waals surface area contributed by atoms with Crippen molar-refractivity contribution < 1.29 is 14.7 Å². The second-order valence-corrected chi connectivity index (χ2v) is 5.80. The summed E-state index contributed by atoms with van der Waals surface area (Å²) in [5.41, 5.74) is 1.99. The maximum absolute atomic E-state index is 12.1. The number of hydrogen-bond donors (Lipinski definition) is 2. The van der Waals surface area contributed by atoms with Crippen LogP contribution in [0.2, 0.25) is 0 Å². The Hall–Kier alpha value is -2.57. The summed E-state index contributed by atoms with van der Waals surface area (Å²) in [4.78, 5) is 29.1. The van der Waals surface area contributed by atoms with Crippen molar-refractivity contribution in [3.8, 4) is 0 Å². The van der Waals surface area contributed by atoms with Crippen molar-refractivity contribution >= 4 is 23.0 Å². The highest BCUT2D eigenvalue weighted by Crippen LogP contribution is 2.17. The van der Waals surface area contributed by atoms with Crippen LogP contribution in [0, 0.1) is 12.8 Å². The lowest BCUT2D eigenvalue weighted by Crippen LogP contribution is -2.40. The van der Waals surface area contributed by atoms with E-state index in [-0.39, 0.29) is 12.6 Å². The Balaban J connectivity index is 1.56. The third-order valence-corrected chi connectivity index (χ3v) is 4.28. The van der Waals surface area contributed by atoms with E-state index in [1.165, 1.54) is 0 Å². The number of nitrogens with zero attached hydrogens (tertiary/aromatic N) is 3. The summed E-state index contributed by atoms with van der Waals surface area (Å²) in [6, 6.07) is 7.70. The van der Waals surface area contributed by atoms with Gasteiger partial charge in [-0.3, -0.25) is 4.79 Å². The van der Waals surface area contributed by atoms with Crippen molar-refractivity contribution in [1.82, 2.24) is 19.8 Å². The van der Waals surface area contributed by atoms with Gasteiger partial charge in [-0.15, -0.1) is 0 Å². The van der Waals surface area contributed by atoms with Gasteiger partial charge in [-0.1, -0.05) is 12.1 Å². The third-order valence-electron chi connectivity index (χ3n) is 4.28. The van der Waals surface area contributed by atoms with Crippen LogP contribution in [-0.2, 0) is 11.3 Å². The monoisotopic (exact) mass is 316 g/mol. The molecule has 1 fully saturated rings. The Kier molecular flexibility index (Phi) is 4.18. The number of urea groups is 1. The summed E-state index contributed by atoms with van der Waals surface area (Å²) >= 11 is 0. The number of imidazole rings is 1. The molecule has 1 aromatic carbocycles. The minimum atomic E-state index is -0.833. The minimum Gasteiger partial charge on any atom is -0.481 e. The smallest absolute Gasteiger partial charge is 0.317 e. The van der Waals surface area contributed by atoms with E-state index in [1.807, 2.05) is 31.2 Å². The number of aliphatic carboxylic acids is 1. The lowest BCUT2D eigenvalue weighted by molar-refractivity contribution is -0.141. The number of carbonyl (C=O) groups is 2. The van der Waals surface area contributed by atoms with Crippen LogP contribution in [0.15, 0.2) is 24.3 Å².